The van der Waals surface area contributed by atoms with Gasteiger partial charge in [0.2, 0.25) is 0 Å². The van der Waals surface area contributed by atoms with Crippen molar-refractivity contribution in [3.8, 4) is 0 Å². The molecule has 0 aromatic heterocycles. The lowest BCUT2D eigenvalue weighted by Crippen LogP contribution is -2.33. The van der Waals surface area contributed by atoms with Gasteiger partial charge in [-0.2, -0.15) is 0 Å². The molecule has 1 aromatic carbocycles. The number of hydrogen-bond donors (Lipinski definition) is 2. The topological polar surface area (TPSA) is 41.5 Å². The van der Waals surface area contributed by atoms with E-state index in [4.69, 9.17) is 4.74 Å². The van der Waals surface area contributed by atoms with Gasteiger partial charge in [0.05, 0.1) is 18.3 Å². The van der Waals surface area contributed by atoms with Gasteiger partial charge in [-0.1, -0.05) is 24.3 Å². The quantitative estimate of drug-likeness (QED) is 0.829. The fourth-order valence-corrected chi connectivity index (χ4v) is 2.33. The molecule has 2 fully saturated rings. The number of morpholine rings is 1. The highest BCUT2D eigenvalue weighted by Gasteiger charge is 2.39. The van der Waals surface area contributed by atoms with Gasteiger partial charge in [0.15, 0.2) is 0 Å². The molecular weight excluding hydrogens is 214 g/mol. The Morgan fingerprint density at radius 2 is 2.06 bits per heavy atom. The predicted octanol–water partition coefficient (Wildman–Crippen LogP) is 1.41. The van der Waals surface area contributed by atoms with Crippen LogP contribution in [0.4, 0.5) is 0 Å². The summed E-state index contributed by atoms with van der Waals surface area (Å²) in [5.41, 5.74) is 2.05. The molecule has 1 saturated heterocycles. The Kier molecular flexibility index (Phi) is 2.90. The van der Waals surface area contributed by atoms with Crippen LogP contribution in [0.2, 0.25) is 0 Å². The number of ether oxygens (including phenoxy) is 1. The lowest BCUT2D eigenvalue weighted by Gasteiger charge is -2.24. The molecule has 3 nitrogen and oxygen atoms in total. The number of rotatable bonds is 3. The van der Waals surface area contributed by atoms with Gasteiger partial charge in [-0.25, -0.2) is 0 Å². The molecule has 1 atom stereocenters. The molecule has 3 heteroatoms. The molecule has 1 unspecified atom stereocenters. The second-order valence-electron chi connectivity index (χ2n) is 5.21. The number of hydrogen-bond acceptors (Lipinski definition) is 3. The fourth-order valence-electron chi connectivity index (χ4n) is 2.33. The maximum absolute atomic E-state index is 9.87. The van der Waals surface area contributed by atoms with Crippen LogP contribution in [-0.4, -0.2) is 30.4 Å². The smallest absolute Gasteiger partial charge is 0.0949 e. The zero-order valence-electron chi connectivity index (χ0n) is 9.98. The second-order valence-corrected chi connectivity index (χ2v) is 5.21. The van der Waals surface area contributed by atoms with Crippen molar-refractivity contribution in [1.29, 1.82) is 0 Å². The first-order valence-corrected chi connectivity index (χ1v) is 6.39. The van der Waals surface area contributed by atoms with Crippen LogP contribution in [0.15, 0.2) is 24.3 Å². The molecule has 0 spiro atoms. The van der Waals surface area contributed by atoms with E-state index in [1.807, 2.05) is 0 Å². The van der Waals surface area contributed by atoms with E-state index in [2.05, 4.69) is 29.6 Å². The zero-order valence-corrected chi connectivity index (χ0v) is 9.98. The molecule has 1 aliphatic carbocycles. The Hall–Kier alpha value is -0.900. The summed E-state index contributed by atoms with van der Waals surface area (Å²) < 4.78 is 5.71. The van der Waals surface area contributed by atoms with Crippen molar-refractivity contribution in [3.63, 3.8) is 0 Å². The third kappa shape index (κ3) is 2.68. The first kappa shape index (κ1) is 11.2. The van der Waals surface area contributed by atoms with Gasteiger partial charge in [-0.15, -0.1) is 0 Å². The number of nitrogens with one attached hydrogen (secondary N) is 1. The number of aliphatic hydroxyl groups is 1. The molecule has 0 bridgehead atoms. The van der Waals surface area contributed by atoms with Gasteiger partial charge in [0.1, 0.15) is 0 Å². The van der Waals surface area contributed by atoms with Crippen molar-refractivity contribution < 1.29 is 9.84 Å². The lowest BCUT2D eigenvalue weighted by atomic mass is 10.0. The molecule has 1 saturated carbocycles. The highest BCUT2D eigenvalue weighted by atomic mass is 16.5. The molecule has 1 aliphatic heterocycles. The molecular formula is C14H19NO2. The number of benzene rings is 1. The van der Waals surface area contributed by atoms with Crippen LogP contribution < -0.4 is 5.32 Å². The van der Waals surface area contributed by atoms with Gasteiger partial charge in [-0.3, -0.25) is 0 Å². The van der Waals surface area contributed by atoms with Crippen molar-refractivity contribution in [1.82, 2.24) is 5.32 Å². The van der Waals surface area contributed by atoms with Crippen LogP contribution in [0.5, 0.6) is 0 Å². The van der Waals surface area contributed by atoms with Gasteiger partial charge in [0, 0.05) is 19.5 Å². The summed E-state index contributed by atoms with van der Waals surface area (Å²) >= 11 is 0. The van der Waals surface area contributed by atoms with Crippen molar-refractivity contribution in [3.05, 3.63) is 35.4 Å². The summed E-state index contributed by atoms with van der Waals surface area (Å²) in [6, 6.07) is 8.48. The van der Waals surface area contributed by atoms with Crippen LogP contribution in [0, 0.1) is 0 Å². The van der Waals surface area contributed by atoms with E-state index in [0.717, 1.165) is 39.0 Å². The van der Waals surface area contributed by atoms with Crippen LogP contribution >= 0.6 is 0 Å². The SMILES string of the molecule is OC1(Cc2ccc(C3CNCCO3)cc2)CC1. The molecule has 0 radical (unpaired) electrons. The summed E-state index contributed by atoms with van der Waals surface area (Å²) in [6.07, 6.45) is 2.87. The maximum Gasteiger partial charge on any atom is 0.0949 e. The second kappa shape index (κ2) is 4.41. The van der Waals surface area contributed by atoms with E-state index in [1.165, 1.54) is 11.1 Å². The normalized spacial score (nSPS) is 26.8. The Labute approximate surface area is 102 Å². The van der Waals surface area contributed by atoms with Gasteiger partial charge >= 0.3 is 0 Å². The fraction of sp³-hybridized carbons (Fsp3) is 0.571. The molecule has 92 valence electrons. The molecule has 3 rings (SSSR count). The Bertz CT molecular complexity index is 378. The summed E-state index contributed by atoms with van der Waals surface area (Å²) in [5, 5.41) is 13.2. The molecule has 0 amide bonds. The molecule has 1 aromatic rings. The summed E-state index contributed by atoms with van der Waals surface area (Å²) in [6.45, 7) is 2.62. The average Bonchev–Trinajstić information content (AvgIpc) is 3.09. The molecule has 2 N–H and O–H groups in total. The molecule has 2 aliphatic rings. The predicted molar refractivity (Wildman–Crippen MR) is 65.9 cm³/mol. The minimum Gasteiger partial charge on any atom is -0.390 e. The minimum atomic E-state index is -0.398. The molecule has 17 heavy (non-hydrogen) atoms. The van der Waals surface area contributed by atoms with Crippen molar-refractivity contribution in [2.24, 2.45) is 0 Å². The summed E-state index contributed by atoms with van der Waals surface area (Å²) in [4.78, 5) is 0. The Morgan fingerprint density at radius 1 is 1.29 bits per heavy atom. The van der Waals surface area contributed by atoms with Crippen molar-refractivity contribution in [2.75, 3.05) is 19.7 Å². The van der Waals surface area contributed by atoms with E-state index in [0.29, 0.717) is 0 Å². The van der Waals surface area contributed by atoms with Gasteiger partial charge in [0.25, 0.3) is 0 Å². The van der Waals surface area contributed by atoms with Crippen molar-refractivity contribution >= 4 is 0 Å². The van der Waals surface area contributed by atoms with Crippen LogP contribution in [0.1, 0.15) is 30.1 Å². The molecule has 1 heterocycles. The van der Waals surface area contributed by atoms with E-state index in [9.17, 15) is 5.11 Å². The van der Waals surface area contributed by atoms with E-state index in [-0.39, 0.29) is 6.10 Å². The van der Waals surface area contributed by atoms with E-state index < -0.39 is 5.60 Å². The minimum absolute atomic E-state index is 0.182. The third-order valence-corrected chi connectivity index (χ3v) is 3.64. The Balaban J connectivity index is 1.66. The third-order valence-electron chi connectivity index (χ3n) is 3.64. The largest absolute Gasteiger partial charge is 0.390 e. The van der Waals surface area contributed by atoms with Gasteiger partial charge in [-0.05, 0) is 24.0 Å². The van der Waals surface area contributed by atoms with Gasteiger partial charge < -0.3 is 15.2 Å². The van der Waals surface area contributed by atoms with Crippen LogP contribution in [0.3, 0.4) is 0 Å². The Morgan fingerprint density at radius 3 is 2.65 bits per heavy atom. The van der Waals surface area contributed by atoms with Crippen molar-refractivity contribution in [2.45, 2.75) is 31.0 Å². The van der Waals surface area contributed by atoms with E-state index >= 15 is 0 Å². The van der Waals surface area contributed by atoms with Crippen LogP contribution in [-0.2, 0) is 11.2 Å². The first-order chi connectivity index (χ1) is 8.25. The standard InChI is InChI=1S/C14H19NO2/c16-14(5-6-14)9-11-1-3-12(4-2-11)13-10-15-7-8-17-13/h1-4,13,15-16H,5-10H2. The summed E-state index contributed by atoms with van der Waals surface area (Å²) in [5.74, 6) is 0. The first-order valence-electron chi connectivity index (χ1n) is 6.39. The van der Waals surface area contributed by atoms with Crippen LogP contribution in [0.25, 0.3) is 0 Å². The highest BCUT2D eigenvalue weighted by molar-refractivity contribution is 5.26. The van der Waals surface area contributed by atoms with E-state index in [1.54, 1.807) is 0 Å². The highest BCUT2D eigenvalue weighted by Crippen LogP contribution is 2.38. The maximum atomic E-state index is 9.87. The monoisotopic (exact) mass is 233 g/mol. The lowest BCUT2D eigenvalue weighted by molar-refractivity contribution is 0.0277. The zero-order chi connectivity index (χ0) is 11.7. The summed E-state index contributed by atoms with van der Waals surface area (Å²) in [7, 11) is 0. The average molecular weight is 233 g/mol.